The minimum atomic E-state index is -3.81. The van der Waals surface area contributed by atoms with Crippen molar-refractivity contribution in [2.75, 3.05) is 7.05 Å². The third-order valence-corrected chi connectivity index (χ3v) is 6.07. The lowest BCUT2D eigenvalue weighted by Crippen LogP contribution is -2.34. The van der Waals surface area contributed by atoms with Crippen molar-refractivity contribution in [1.29, 1.82) is 0 Å². The highest BCUT2D eigenvalue weighted by Crippen LogP contribution is 2.22. The second-order valence-electron chi connectivity index (χ2n) is 6.94. The third-order valence-electron chi connectivity index (χ3n) is 4.58. The summed E-state index contributed by atoms with van der Waals surface area (Å²) in [7, 11) is -2.12. The maximum atomic E-state index is 12.8. The molecule has 1 unspecified atom stereocenters. The number of amides is 1. The van der Waals surface area contributed by atoms with Crippen molar-refractivity contribution in [2.45, 2.75) is 30.8 Å². The van der Waals surface area contributed by atoms with Gasteiger partial charge >= 0.3 is 0 Å². The Morgan fingerprint density at radius 3 is 2.34 bits per heavy atom. The van der Waals surface area contributed by atoms with Gasteiger partial charge in [0.05, 0.1) is 23.6 Å². The minimum absolute atomic E-state index is 0.0536. The first-order valence-electron chi connectivity index (χ1n) is 9.25. The van der Waals surface area contributed by atoms with Gasteiger partial charge in [0.1, 0.15) is 5.76 Å². The number of nitrogens with one attached hydrogen (secondary N) is 1. The molecule has 0 aliphatic carbocycles. The van der Waals surface area contributed by atoms with E-state index in [4.69, 9.17) is 4.42 Å². The molecule has 0 saturated heterocycles. The van der Waals surface area contributed by atoms with Gasteiger partial charge in [-0.2, -0.15) is 4.72 Å². The minimum Gasteiger partial charge on any atom is -0.468 e. The van der Waals surface area contributed by atoms with Crippen LogP contribution in [-0.4, -0.2) is 26.3 Å². The molecule has 1 N–H and O–H groups in total. The van der Waals surface area contributed by atoms with E-state index in [9.17, 15) is 13.2 Å². The zero-order valence-corrected chi connectivity index (χ0v) is 17.2. The van der Waals surface area contributed by atoms with E-state index in [-0.39, 0.29) is 17.2 Å². The van der Waals surface area contributed by atoms with Gasteiger partial charge in [-0.3, -0.25) is 4.79 Å². The van der Waals surface area contributed by atoms with E-state index >= 15 is 0 Å². The van der Waals surface area contributed by atoms with E-state index in [1.54, 1.807) is 48.3 Å². The molecule has 7 heteroatoms. The first-order chi connectivity index (χ1) is 13.8. The van der Waals surface area contributed by atoms with Crippen molar-refractivity contribution in [3.05, 3.63) is 89.9 Å². The molecular formula is C22H24N2O4S. The van der Waals surface area contributed by atoms with Crippen LogP contribution in [-0.2, 0) is 21.4 Å². The van der Waals surface area contributed by atoms with Gasteiger partial charge in [-0.05, 0) is 36.8 Å². The van der Waals surface area contributed by atoms with Crippen LogP contribution >= 0.6 is 0 Å². The molecule has 1 heterocycles. The molecule has 2 aromatic carbocycles. The molecule has 0 aliphatic heterocycles. The van der Waals surface area contributed by atoms with E-state index in [1.807, 2.05) is 37.3 Å². The zero-order valence-electron chi connectivity index (χ0n) is 16.4. The highest BCUT2D eigenvalue weighted by Gasteiger charge is 2.26. The lowest BCUT2D eigenvalue weighted by atomic mass is 10.1. The average molecular weight is 413 g/mol. The Labute approximate surface area is 171 Å². The van der Waals surface area contributed by atoms with E-state index < -0.39 is 16.1 Å². The Morgan fingerprint density at radius 2 is 1.72 bits per heavy atom. The number of rotatable bonds is 8. The van der Waals surface area contributed by atoms with E-state index in [1.165, 1.54) is 6.26 Å². The van der Waals surface area contributed by atoms with E-state index in [0.717, 1.165) is 11.1 Å². The summed E-state index contributed by atoms with van der Waals surface area (Å²) in [4.78, 5) is 14.5. The summed E-state index contributed by atoms with van der Waals surface area (Å²) in [5.41, 5.74) is 1.96. The topological polar surface area (TPSA) is 79.6 Å². The lowest BCUT2D eigenvalue weighted by molar-refractivity contribution is -0.131. The molecule has 6 nitrogen and oxygen atoms in total. The lowest BCUT2D eigenvalue weighted by Gasteiger charge is -2.21. The Bertz CT molecular complexity index is 1030. The molecule has 152 valence electrons. The number of carbonyl (C=O) groups excluding carboxylic acids is 1. The number of carbonyl (C=O) groups is 1. The van der Waals surface area contributed by atoms with Crippen LogP contribution in [0.1, 0.15) is 29.3 Å². The molecule has 1 amide bonds. The van der Waals surface area contributed by atoms with Crippen LogP contribution in [0.4, 0.5) is 0 Å². The molecule has 0 aliphatic rings. The second-order valence-corrected chi connectivity index (χ2v) is 8.66. The Kier molecular flexibility index (Phi) is 6.51. The Hall–Kier alpha value is -2.90. The third kappa shape index (κ3) is 5.56. The van der Waals surface area contributed by atoms with Crippen LogP contribution in [0.2, 0.25) is 0 Å². The summed E-state index contributed by atoms with van der Waals surface area (Å²) in [5.74, 6) is 0.198. The van der Waals surface area contributed by atoms with Crippen LogP contribution in [0.15, 0.2) is 82.3 Å². The molecule has 3 aromatic rings. The van der Waals surface area contributed by atoms with Gasteiger partial charge in [0.25, 0.3) is 0 Å². The van der Waals surface area contributed by atoms with Gasteiger partial charge in [0.15, 0.2) is 0 Å². The summed E-state index contributed by atoms with van der Waals surface area (Å²) in [6.07, 6.45) is 1.41. The van der Waals surface area contributed by atoms with Gasteiger partial charge in [-0.1, -0.05) is 48.0 Å². The fourth-order valence-corrected chi connectivity index (χ4v) is 4.14. The maximum absolute atomic E-state index is 12.8. The molecule has 3 rings (SSSR count). The van der Waals surface area contributed by atoms with Gasteiger partial charge in [0.2, 0.25) is 15.9 Å². The summed E-state index contributed by atoms with van der Waals surface area (Å²) >= 11 is 0. The van der Waals surface area contributed by atoms with Crippen LogP contribution in [0.25, 0.3) is 0 Å². The van der Waals surface area contributed by atoms with E-state index in [0.29, 0.717) is 12.3 Å². The molecule has 0 radical (unpaired) electrons. The van der Waals surface area contributed by atoms with Crippen molar-refractivity contribution < 1.29 is 17.6 Å². The smallest absolute Gasteiger partial charge is 0.241 e. The fraction of sp³-hybridized carbons (Fsp3) is 0.227. The predicted octanol–water partition coefficient (Wildman–Crippen LogP) is 3.66. The molecule has 29 heavy (non-hydrogen) atoms. The molecule has 1 atom stereocenters. The van der Waals surface area contributed by atoms with Crippen LogP contribution in [0.5, 0.6) is 0 Å². The predicted molar refractivity (Wildman–Crippen MR) is 110 cm³/mol. The van der Waals surface area contributed by atoms with Gasteiger partial charge in [0, 0.05) is 13.6 Å². The van der Waals surface area contributed by atoms with Crippen molar-refractivity contribution in [1.82, 2.24) is 9.62 Å². The standard InChI is InChI=1S/C22H24N2O4S/c1-17-10-12-19(13-11-17)29(26,27)23-20(21-9-6-14-28-21)15-22(25)24(2)16-18-7-4-3-5-8-18/h3-14,20,23H,15-16H2,1-2H3. The zero-order chi connectivity index (χ0) is 20.9. The Morgan fingerprint density at radius 1 is 1.03 bits per heavy atom. The fourth-order valence-electron chi connectivity index (χ4n) is 2.94. The number of nitrogens with zero attached hydrogens (tertiary/aromatic N) is 1. The normalized spacial score (nSPS) is 12.5. The van der Waals surface area contributed by atoms with Gasteiger partial charge in [-0.25, -0.2) is 8.42 Å². The van der Waals surface area contributed by atoms with Crippen molar-refractivity contribution in [3.8, 4) is 0 Å². The maximum Gasteiger partial charge on any atom is 0.241 e. The molecule has 0 fully saturated rings. The number of sulfonamides is 1. The first-order valence-corrected chi connectivity index (χ1v) is 10.7. The summed E-state index contributed by atoms with van der Waals surface area (Å²) in [6, 6.07) is 18.7. The monoisotopic (exact) mass is 412 g/mol. The summed E-state index contributed by atoms with van der Waals surface area (Å²) < 4.78 is 33.6. The summed E-state index contributed by atoms with van der Waals surface area (Å²) in [5, 5.41) is 0. The van der Waals surface area contributed by atoms with Crippen LogP contribution in [0.3, 0.4) is 0 Å². The largest absolute Gasteiger partial charge is 0.468 e. The van der Waals surface area contributed by atoms with Gasteiger partial charge in [-0.15, -0.1) is 0 Å². The molecule has 0 spiro atoms. The van der Waals surface area contributed by atoms with Crippen LogP contribution < -0.4 is 4.72 Å². The van der Waals surface area contributed by atoms with Crippen molar-refractivity contribution >= 4 is 15.9 Å². The Balaban J connectivity index is 1.75. The highest BCUT2D eigenvalue weighted by molar-refractivity contribution is 7.89. The highest BCUT2D eigenvalue weighted by atomic mass is 32.2. The first kappa shape index (κ1) is 20.8. The second kappa shape index (κ2) is 9.07. The number of hydrogen-bond donors (Lipinski definition) is 1. The SMILES string of the molecule is Cc1ccc(S(=O)(=O)NC(CC(=O)N(C)Cc2ccccc2)c2ccco2)cc1. The van der Waals surface area contributed by atoms with Crippen molar-refractivity contribution in [3.63, 3.8) is 0 Å². The van der Waals surface area contributed by atoms with Gasteiger partial charge < -0.3 is 9.32 Å². The quantitative estimate of drug-likeness (QED) is 0.612. The number of aryl methyl sites for hydroxylation is 1. The molecular weight excluding hydrogens is 388 g/mol. The van der Waals surface area contributed by atoms with Crippen molar-refractivity contribution in [2.24, 2.45) is 0 Å². The molecule has 0 bridgehead atoms. The van der Waals surface area contributed by atoms with E-state index in [2.05, 4.69) is 4.72 Å². The average Bonchev–Trinajstić information content (AvgIpc) is 3.23. The number of furan rings is 1. The number of hydrogen-bond acceptors (Lipinski definition) is 4. The molecule has 0 saturated carbocycles. The van der Waals surface area contributed by atoms with Crippen LogP contribution in [0, 0.1) is 6.92 Å². The summed E-state index contributed by atoms with van der Waals surface area (Å²) in [6.45, 7) is 2.33. The number of benzene rings is 2. The molecule has 1 aromatic heterocycles.